The number of hydrogen-bond acceptors (Lipinski definition) is 2. The summed E-state index contributed by atoms with van der Waals surface area (Å²) in [5.74, 6) is 2.36. The molecular weight excluding hydrogens is 308 g/mol. The van der Waals surface area contributed by atoms with Gasteiger partial charge in [0.05, 0.1) is 0 Å². The number of nitrogens with one attached hydrogen (secondary N) is 1. The van der Waals surface area contributed by atoms with Crippen molar-refractivity contribution in [2.75, 3.05) is 13.1 Å². The lowest BCUT2D eigenvalue weighted by molar-refractivity contribution is -0.167. The Balaban J connectivity index is 1.65. The molecule has 0 radical (unpaired) electrons. The van der Waals surface area contributed by atoms with E-state index in [1.807, 2.05) is 0 Å². The average molecular weight is 345 g/mol. The molecule has 4 aliphatic carbocycles. The molecule has 0 unspecified atom stereocenters. The number of carbonyl (C=O) groups excluding carboxylic acids is 1. The zero-order valence-electron chi connectivity index (χ0n) is 16.2. The molecule has 4 rings (SSSR count). The second kappa shape index (κ2) is 5.84. The third kappa shape index (κ3) is 2.37. The van der Waals surface area contributed by atoms with Gasteiger partial charge < -0.3 is 11.1 Å². The Bertz CT molecular complexity index is 587. The highest BCUT2D eigenvalue weighted by Gasteiger charge is 2.64. The quantitative estimate of drug-likeness (QED) is 0.760. The van der Waals surface area contributed by atoms with Crippen LogP contribution in [0.1, 0.15) is 71.6 Å². The van der Waals surface area contributed by atoms with Gasteiger partial charge in [-0.2, -0.15) is 0 Å². The van der Waals surface area contributed by atoms with Gasteiger partial charge in [0.2, 0.25) is 5.91 Å². The fraction of sp³-hybridized carbons (Fsp3) is 0.864. The topological polar surface area (TPSA) is 55.1 Å². The minimum absolute atomic E-state index is 0.212. The Kier molecular flexibility index (Phi) is 4.10. The van der Waals surface area contributed by atoms with Gasteiger partial charge >= 0.3 is 0 Å². The molecule has 140 valence electrons. The predicted molar refractivity (Wildman–Crippen MR) is 102 cm³/mol. The highest BCUT2D eigenvalue weighted by molar-refractivity contribution is 5.83. The maximum atomic E-state index is 13.1. The molecule has 0 saturated heterocycles. The van der Waals surface area contributed by atoms with Crippen molar-refractivity contribution in [3.8, 4) is 0 Å². The van der Waals surface area contributed by atoms with E-state index in [2.05, 4.69) is 25.7 Å². The van der Waals surface area contributed by atoms with Gasteiger partial charge in [-0.15, -0.1) is 0 Å². The van der Waals surface area contributed by atoms with Crippen LogP contribution in [0.2, 0.25) is 0 Å². The minimum atomic E-state index is -0.212. The van der Waals surface area contributed by atoms with Crippen LogP contribution in [0.5, 0.6) is 0 Å². The normalized spacial score (nSPS) is 48.6. The SMILES string of the molecule is C=C1C[C@@]23CC[C@H]4[C@@](C)(CCC[C@@]4(C)C(=O)NCCN)[C@@H]2CC[C@@H]1C3. The highest BCUT2D eigenvalue weighted by Crippen LogP contribution is 2.72. The fourth-order valence-corrected chi connectivity index (χ4v) is 8.01. The van der Waals surface area contributed by atoms with E-state index < -0.39 is 0 Å². The molecule has 3 N–H and O–H groups in total. The molecule has 25 heavy (non-hydrogen) atoms. The highest BCUT2D eigenvalue weighted by atomic mass is 16.2. The fourth-order valence-electron chi connectivity index (χ4n) is 8.01. The first kappa shape index (κ1) is 17.6. The van der Waals surface area contributed by atoms with Crippen LogP contribution < -0.4 is 11.1 Å². The summed E-state index contributed by atoms with van der Waals surface area (Å²) in [6.45, 7) is 10.3. The van der Waals surface area contributed by atoms with Gasteiger partial charge in [0.25, 0.3) is 0 Å². The van der Waals surface area contributed by atoms with Crippen molar-refractivity contribution in [2.24, 2.45) is 39.7 Å². The molecule has 1 spiro atoms. The van der Waals surface area contributed by atoms with Crippen LogP contribution in [-0.2, 0) is 4.79 Å². The second-order valence-corrected chi connectivity index (χ2v) is 10.1. The van der Waals surface area contributed by atoms with Crippen LogP contribution in [0.15, 0.2) is 12.2 Å². The van der Waals surface area contributed by atoms with Crippen molar-refractivity contribution in [1.29, 1.82) is 0 Å². The number of allylic oxidation sites excluding steroid dienone is 1. The summed E-state index contributed by atoms with van der Waals surface area (Å²) in [4.78, 5) is 13.1. The van der Waals surface area contributed by atoms with Crippen molar-refractivity contribution >= 4 is 5.91 Å². The van der Waals surface area contributed by atoms with Gasteiger partial charge in [-0.25, -0.2) is 0 Å². The Labute approximate surface area is 153 Å². The van der Waals surface area contributed by atoms with Gasteiger partial charge in [-0.1, -0.05) is 32.4 Å². The van der Waals surface area contributed by atoms with Crippen molar-refractivity contribution in [1.82, 2.24) is 5.32 Å². The van der Waals surface area contributed by atoms with Crippen molar-refractivity contribution in [2.45, 2.75) is 71.6 Å². The van der Waals surface area contributed by atoms with E-state index >= 15 is 0 Å². The Morgan fingerprint density at radius 2 is 2.00 bits per heavy atom. The van der Waals surface area contributed by atoms with E-state index in [-0.39, 0.29) is 11.3 Å². The zero-order chi connectivity index (χ0) is 17.9. The van der Waals surface area contributed by atoms with Gasteiger partial charge in [-0.05, 0) is 80.0 Å². The first-order valence-electron chi connectivity index (χ1n) is 10.5. The Hall–Kier alpha value is -0.830. The molecule has 4 saturated carbocycles. The van der Waals surface area contributed by atoms with Crippen LogP contribution >= 0.6 is 0 Å². The lowest BCUT2D eigenvalue weighted by Gasteiger charge is -2.63. The van der Waals surface area contributed by atoms with Gasteiger partial charge in [0, 0.05) is 18.5 Å². The molecule has 0 heterocycles. The Morgan fingerprint density at radius 3 is 2.76 bits per heavy atom. The van der Waals surface area contributed by atoms with Crippen molar-refractivity contribution < 1.29 is 4.79 Å². The van der Waals surface area contributed by atoms with Gasteiger partial charge in [0.15, 0.2) is 0 Å². The predicted octanol–water partition coefficient (Wildman–Crippen LogP) is 4.03. The Morgan fingerprint density at radius 1 is 1.20 bits per heavy atom. The van der Waals surface area contributed by atoms with E-state index in [0.29, 0.717) is 29.8 Å². The summed E-state index contributed by atoms with van der Waals surface area (Å²) in [5, 5.41) is 3.13. The third-order valence-corrected chi connectivity index (χ3v) is 9.00. The van der Waals surface area contributed by atoms with E-state index in [1.54, 1.807) is 0 Å². The maximum absolute atomic E-state index is 13.1. The molecule has 6 atom stereocenters. The van der Waals surface area contributed by atoms with Gasteiger partial charge in [0.1, 0.15) is 0 Å². The maximum Gasteiger partial charge on any atom is 0.226 e. The summed E-state index contributed by atoms with van der Waals surface area (Å²) < 4.78 is 0. The number of carbonyl (C=O) groups is 1. The zero-order valence-corrected chi connectivity index (χ0v) is 16.2. The number of amides is 1. The molecule has 0 aromatic rings. The first-order valence-corrected chi connectivity index (χ1v) is 10.5. The van der Waals surface area contributed by atoms with Crippen LogP contribution in [0.25, 0.3) is 0 Å². The van der Waals surface area contributed by atoms with Crippen LogP contribution in [-0.4, -0.2) is 19.0 Å². The molecular formula is C22H36N2O. The monoisotopic (exact) mass is 344 g/mol. The second-order valence-electron chi connectivity index (χ2n) is 10.1. The summed E-state index contributed by atoms with van der Waals surface area (Å²) in [7, 11) is 0. The molecule has 0 aromatic heterocycles. The van der Waals surface area contributed by atoms with E-state index in [4.69, 9.17) is 5.73 Å². The summed E-state index contributed by atoms with van der Waals surface area (Å²) in [6.07, 6.45) is 11.4. The number of hydrogen-bond donors (Lipinski definition) is 2. The number of fused-ring (bicyclic) bond motifs is 3. The molecule has 0 aliphatic heterocycles. The number of rotatable bonds is 3. The lowest BCUT2D eigenvalue weighted by Crippen LogP contribution is -2.60. The van der Waals surface area contributed by atoms with Crippen molar-refractivity contribution in [3.63, 3.8) is 0 Å². The summed E-state index contributed by atoms with van der Waals surface area (Å²) >= 11 is 0. The van der Waals surface area contributed by atoms with E-state index in [1.165, 1.54) is 56.9 Å². The van der Waals surface area contributed by atoms with E-state index in [0.717, 1.165) is 18.3 Å². The molecule has 1 amide bonds. The molecule has 0 aromatic carbocycles. The standard InChI is InChI=1S/C22H36N2O/c1-15-13-22-10-7-17-20(2,18(22)6-5-16(15)14-22)8-4-9-21(17,3)19(25)24-12-11-23/h16-18H,1,4-14,23H2,2-3H3,(H,24,25)/t16-,17+,18+,20-,21-,22-/m1/s1. The van der Waals surface area contributed by atoms with Crippen LogP contribution in [0, 0.1) is 34.0 Å². The summed E-state index contributed by atoms with van der Waals surface area (Å²) in [5.41, 5.74) is 7.78. The third-order valence-electron chi connectivity index (χ3n) is 9.00. The number of nitrogens with two attached hydrogens (primary N) is 1. The largest absolute Gasteiger partial charge is 0.354 e. The summed E-state index contributed by atoms with van der Waals surface area (Å²) in [6, 6.07) is 0. The smallest absolute Gasteiger partial charge is 0.226 e. The molecule has 2 bridgehead atoms. The average Bonchev–Trinajstić information content (AvgIpc) is 2.81. The molecule has 3 nitrogen and oxygen atoms in total. The van der Waals surface area contributed by atoms with Crippen LogP contribution in [0.3, 0.4) is 0 Å². The molecule has 3 heteroatoms. The molecule has 4 fully saturated rings. The lowest BCUT2D eigenvalue weighted by atomic mass is 9.41. The van der Waals surface area contributed by atoms with Gasteiger partial charge in [-0.3, -0.25) is 4.79 Å². The first-order chi connectivity index (χ1) is 11.9. The van der Waals surface area contributed by atoms with E-state index in [9.17, 15) is 4.79 Å². The molecule has 4 aliphatic rings. The minimum Gasteiger partial charge on any atom is -0.354 e. The van der Waals surface area contributed by atoms with Crippen molar-refractivity contribution in [3.05, 3.63) is 12.2 Å². The van der Waals surface area contributed by atoms with Crippen LogP contribution in [0.4, 0.5) is 0 Å².